The molecule has 1 saturated carbocycles. The second kappa shape index (κ2) is 9.02. The molecule has 3 rings (SSSR count). The fourth-order valence-electron chi connectivity index (χ4n) is 3.68. The first-order chi connectivity index (χ1) is 13.9. The maximum atomic E-state index is 13.5. The van der Waals surface area contributed by atoms with Crippen molar-refractivity contribution in [2.75, 3.05) is 13.2 Å². The number of hydrogen-bond acceptors (Lipinski definition) is 5. The van der Waals surface area contributed by atoms with E-state index >= 15 is 0 Å². The quantitative estimate of drug-likeness (QED) is 0.505. The van der Waals surface area contributed by atoms with Gasteiger partial charge in [0.15, 0.2) is 6.61 Å². The van der Waals surface area contributed by atoms with E-state index in [2.05, 4.69) is 10.6 Å². The first kappa shape index (κ1) is 20.8. The second-order valence-electron chi connectivity index (χ2n) is 7.31. The smallest absolute Gasteiger partial charge is 0.325 e. The highest BCUT2D eigenvalue weighted by Crippen LogP contribution is 2.35. The molecule has 0 atom stereocenters. The Bertz CT molecular complexity index is 807. The van der Waals surface area contributed by atoms with Crippen molar-refractivity contribution in [1.82, 2.24) is 15.5 Å². The molecule has 2 fully saturated rings. The van der Waals surface area contributed by atoms with Gasteiger partial charge >= 0.3 is 12.0 Å². The Kier molecular flexibility index (Phi) is 6.46. The summed E-state index contributed by atoms with van der Waals surface area (Å²) in [7, 11) is 0. The summed E-state index contributed by atoms with van der Waals surface area (Å²) in [5.41, 5.74) is -0.422. The standard InChI is InChI=1S/C20H24FN3O5/c21-15-7-2-1-6-14(15)12-22-16(25)13-29-17(26)8-5-11-24-18(27)20(23-19(24)28)9-3-4-10-20/h1-2,6-7H,3-5,8-13H2,(H,22,25)(H,23,28). The first-order valence-corrected chi connectivity index (χ1v) is 9.71. The highest BCUT2D eigenvalue weighted by molar-refractivity contribution is 6.07. The van der Waals surface area contributed by atoms with Crippen LogP contribution in [0, 0.1) is 5.82 Å². The van der Waals surface area contributed by atoms with Gasteiger partial charge in [-0.1, -0.05) is 31.0 Å². The van der Waals surface area contributed by atoms with Crippen LogP contribution in [0.2, 0.25) is 0 Å². The predicted molar refractivity (Wildman–Crippen MR) is 99.9 cm³/mol. The van der Waals surface area contributed by atoms with E-state index < -0.39 is 35.9 Å². The number of rotatable bonds is 8. The number of imide groups is 1. The van der Waals surface area contributed by atoms with Crippen molar-refractivity contribution in [3.63, 3.8) is 0 Å². The number of carbonyl (C=O) groups is 4. The fourth-order valence-corrected chi connectivity index (χ4v) is 3.68. The monoisotopic (exact) mass is 405 g/mol. The zero-order valence-electron chi connectivity index (χ0n) is 16.0. The van der Waals surface area contributed by atoms with Crippen LogP contribution in [0.4, 0.5) is 9.18 Å². The van der Waals surface area contributed by atoms with Crippen LogP contribution in [0.25, 0.3) is 0 Å². The molecule has 0 aromatic heterocycles. The van der Waals surface area contributed by atoms with Gasteiger partial charge in [-0.2, -0.15) is 0 Å². The fraction of sp³-hybridized carbons (Fsp3) is 0.500. The average Bonchev–Trinajstić information content (AvgIpc) is 3.26. The van der Waals surface area contributed by atoms with Crippen molar-refractivity contribution in [3.05, 3.63) is 35.6 Å². The minimum Gasteiger partial charge on any atom is -0.456 e. The van der Waals surface area contributed by atoms with Gasteiger partial charge in [0.2, 0.25) is 0 Å². The van der Waals surface area contributed by atoms with Crippen LogP contribution < -0.4 is 10.6 Å². The molecular formula is C20H24FN3O5. The van der Waals surface area contributed by atoms with Gasteiger partial charge < -0.3 is 15.4 Å². The maximum Gasteiger partial charge on any atom is 0.325 e. The third-order valence-corrected chi connectivity index (χ3v) is 5.26. The summed E-state index contributed by atoms with van der Waals surface area (Å²) in [4.78, 5) is 49.2. The molecule has 9 heteroatoms. The average molecular weight is 405 g/mol. The molecule has 2 N–H and O–H groups in total. The molecule has 1 aliphatic carbocycles. The summed E-state index contributed by atoms with van der Waals surface area (Å²) in [6.07, 6.45) is 3.35. The molecule has 4 amide bonds. The van der Waals surface area contributed by atoms with E-state index in [1.165, 1.54) is 6.07 Å². The Labute approximate surface area is 167 Å². The van der Waals surface area contributed by atoms with E-state index in [0.717, 1.165) is 17.7 Å². The number of nitrogens with one attached hydrogen (secondary N) is 2. The molecule has 1 aliphatic heterocycles. The Balaban J connectivity index is 1.34. The zero-order chi connectivity index (χ0) is 20.9. The number of esters is 1. The minimum absolute atomic E-state index is 0.00299. The Morgan fingerprint density at radius 3 is 2.66 bits per heavy atom. The van der Waals surface area contributed by atoms with E-state index in [-0.39, 0.29) is 31.8 Å². The number of ether oxygens (including phenoxy) is 1. The van der Waals surface area contributed by atoms with E-state index in [1.54, 1.807) is 18.2 Å². The van der Waals surface area contributed by atoms with Crippen molar-refractivity contribution >= 4 is 23.8 Å². The first-order valence-electron chi connectivity index (χ1n) is 9.71. The normalized spacial score (nSPS) is 17.5. The number of benzene rings is 1. The van der Waals surface area contributed by atoms with Crippen LogP contribution in [0.5, 0.6) is 0 Å². The Hall–Kier alpha value is -2.97. The molecule has 29 heavy (non-hydrogen) atoms. The number of carbonyl (C=O) groups excluding carboxylic acids is 4. The predicted octanol–water partition coefficient (Wildman–Crippen LogP) is 1.63. The Morgan fingerprint density at radius 2 is 1.93 bits per heavy atom. The van der Waals surface area contributed by atoms with Crippen molar-refractivity contribution in [1.29, 1.82) is 0 Å². The molecule has 2 aliphatic rings. The number of halogens is 1. The Morgan fingerprint density at radius 1 is 1.21 bits per heavy atom. The third-order valence-electron chi connectivity index (χ3n) is 5.26. The van der Waals surface area contributed by atoms with Gasteiger partial charge in [0.1, 0.15) is 11.4 Å². The minimum atomic E-state index is -0.756. The van der Waals surface area contributed by atoms with E-state index in [9.17, 15) is 23.6 Å². The van der Waals surface area contributed by atoms with Gasteiger partial charge in [-0.25, -0.2) is 9.18 Å². The summed E-state index contributed by atoms with van der Waals surface area (Å²) in [5.74, 6) is -1.79. The van der Waals surface area contributed by atoms with Crippen molar-refractivity contribution in [2.24, 2.45) is 0 Å². The summed E-state index contributed by atoms with van der Waals surface area (Å²) in [5, 5.41) is 5.25. The van der Waals surface area contributed by atoms with Crippen LogP contribution in [-0.2, 0) is 25.7 Å². The summed E-state index contributed by atoms with van der Waals surface area (Å²) >= 11 is 0. The summed E-state index contributed by atoms with van der Waals surface area (Å²) in [6, 6.07) is 5.63. The third kappa shape index (κ3) is 4.90. The lowest BCUT2D eigenvalue weighted by atomic mass is 9.98. The molecule has 0 unspecified atom stereocenters. The molecule has 1 spiro atoms. The van der Waals surface area contributed by atoms with Crippen LogP contribution in [0.15, 0.2) is 24.3 Å². The highest BCUT2D eigenvalue weighted by Gasteiger charge is 2.52. The number of hydrogen-bond donors (Lipinski definition) is 2. The van der Waals surface area contributed by atoms with Crippen LogP contribution in [0.3, 0.4) is 0 Å². The SMILES string of the molecule is O=C(COC(=O)CCCN1C(=O)NC2(CCCC2)C1=O)NCc1ccccc1F. The van der Waals surface area contributed by atoms with Crippen molar-refractivity contribution in [3.8, 4) is 0 Å². The lowest BCUT2D eigenvalue weighted by molar-refractivity contribution is -0.148. The lowest BCUT2D eigenvalue weighted by Gasteiger charge is -2.19. The van der Waals surface area contributed by atoms with Gasteiger partial charge in [-0.3, -0.25) is 19.3 Å². The largest absolute Gasteiger partial charge is 0.456 e. The van der Waals surface area contributed by atoms with Gasteiger partial charge in [0.25, 0.3) is 11.8 Å². The topological polar surface area (TPSA) is 105 Å². The second-order valence-corrected chi connectivity index (χ2v) is 7.31. The summed E-state index contributed by atoms with van der Waals surface area (Å²) < 4.78 is 18.4. The number of nitrogens with zero attached hydrogens (tertiary/aromatic N) is 1. The van der Waals surface area contributed by atoms with E-state index in [1.807, 2.05) is 0 Å². The molecule has 156 valence electrons. The maximum absolute atomic E-state index is 13.5. The van der Waals surface area contributed by atoms with Crippen molar-refractivity contribution in [2.45, 2.75) is 50.6 Å². The van der Waals surface area contributed by atoms with E-state index in [0.29, 0.717) is 18.4 Å². The molecule has 0 radical (unpaired) electrons. The van der Waals surface area contributed by atoms with Crippen molar-refractivity contribution < 1.29 is 28.3 Å². The molecule has 1 saturated heterocycles. The number of amides is 4. The summed E-state index contributed by atoms with van der Waals surface area (Å²) in [6.45, 7) is -0.350. The van der Waals surface area contributed by atoms with E-state index in [4.69, 9.17) is 4.74 Å². The lowest BCUT2D eigenvalue weighted by Crippen LogP contribution is -2.44. The van der Waals surface area contributed by atoms with Crippen LogP contribution in [-0.4, -0.2) is 47.4 Å². The molecule has 1 aromatic carbocycles. The zero-order valence-corrected chi connectivity index (χ0v) is 16.0. The highest BCUT2D eigenvalue weighted by atomic mass is 19.1. The molecule has 0 bridgehead atoms. The molecule has 1 aromatic rings. The van der Waals surface area contributed by atoms with Gasteiger partial charge in [0.05, 0.1) is 0 Å². The van der Waals surface area contributed by atoms with Crippen LogP contribution in [0.1, 0.15) is 44.1 Å². The van der Waals surface area contributed by atoms with Gasteiger partial charge in [-0.15, -0.1) is 0 Å². The van der Waals surface area contributed by atoms with Gasteiger partial charge in [-0.05, 0) is 25.3 Å². The molecule has 8 nitrogen and oxygen atoms in total. The molecule has 1 heterocycles. The molecular weight excluding hydrogens is 381 g/mol. The number of urea groups is 1. The van der Waals surface area contributed by atoms with Gasteiger partial charge in [0, 0.05) is 25.1 Å². The van der Waals surface area contributed by atoms with Crippen LogP contribution >= 0.6 is 0 Å².